The molecule has 7 nitrogen and oxygen atoms in total. The molecule has 1 aliphatic heterocycles. The minimum Gasteiger partial charge on any atom is -0.355 e. The molecule has 1 fully saturated rings. The third kappa shape index (κ3) is 5.13. The summed E-state index contributed by atoms with van der Waals surface area (Å²) in [5.41, 5.74) is 1.76. The van der Waals surface area contributed by atoms with Crippen molar-refractivity contribution in [2.24, 2.45) is 5.92 Å². The van der Waals surface area contributed by atoms with E-state index in [1.165, 1.54) is 0 Å². The SMILES string of the molecule is O=C(CCNC(=O)[C@H]1CC(=O)N(c2ccccc2)C1)NCc1ccncc1. The Kier molecular flexibility index (Phi) is 6.14. The van der Waals surface area contributed by atoms with Crippen molar-refractivity contribution in [3.63, 3.8) is 0 Å². The van der Waals surface area contributed by atoms with E-state index in [0.29, 0.717) is 13.1 Å². The Labute approximate surface area is 157 Å². The van der Waals surface area contributed by atoms with Crippen LogP contribution in [0.3, 0.4) is 0 Å². The highest BCUT2D eigenvalue weighted by atomic mass is 16.2. The van der Waals surface area contributed by atoms with Gasteiger partial charge in [-0.25, -0.2) is 0 Å². The van der Waals surface area contributed by atoms with E-state index >= 15 is 0 Å². The molecule has 1 aromatic carbocycles. The van der Waals surface area contributed by atoms with E-state index in [-0.39, 0.29) is 37.1 Å². The molecule has 2 heterocycles. The highest BCUT2D eigenvalue weighted by molar-refractivity contribution is 6.00. The van der Waals surface area contributed by atoms with Gasteiger partial charge in [-0.15, -0.1) is 0 Å². The first-order valence-corrected chi connectivity index (χ1v) is 8.92. The summed E-state index contributed by atoms with van der Waals surface area (Å²) >= 11 is 0. The number of nitrogens with zero attached hydrogens (tertiary/aromatic N) is 2. The number of benzene rings is 1. The number of carbonyl (C=O) groups excluding carboxylic acids is 3. The van der Waals surface area contributed by atoms with Crippen molar-refractivity contribution in [2.75, 3.05) is 18.0 Å². The van der Waals surface area contributed by atoms with Crippen LogP contribution >= 0.6 is 0 Å². The maximum atomic E-state index is 12.3. The molecule has 1 aromatic heterocycles. The minimum absolute atomic E-state index is 0.0588. The van der Waals surface area contributed by atoms with Crippen molar-refractivity contribution >= 4 is 23.4 Å². The Morgan fingerprint density at radius 1 is 1.07 bits per heavy atom. The highest BCUT2D eigenvalue weighted by Crippen LogP contribution is 2.24. The lowest BCUT2D eigenvalue weighted by molar-refractivity contribution is -0.126. The maximum Gasteiger partial charge on any atom is 0.227 e. The van der Waals surface area contributed by atoms with Gasteiger partial charge >= 0.3 is 0 Å². The van der Waals surface area contributed by atoms with Crippen molar-refractivity contribution in [2.45, 2.75) is 19.4 Å². The van der Waals surface area contributed by atoms with Gasteiger partial charge in [-0.2, -0.15) is 0 Å². The van der Waals surface area contributed by atoms with Crippen LogP contribution in [-0.4, -0.2) is 35.8 Å². The van der Waals surface area contributed by atoms with Crippen molar-refractivity contribution < 1.29 is 14.4 Å². The largest absolute Gasteiger partial charge is 0.355 e. The number of para-hydroxylation sites is 1. The fourth-order valence-corrected chi connectivity index (χ4v) is 2.97. The molecule has 1 aliphatic rings. The van der Waals surface area contributed by atoms with Gasteiger partial charge < -0.3 is 15.5 Å². The van der Waals surface area contributed by atoms with Crippen LogP contribution in [0.4, 0.5) is 5.69 Å². The van der Waals surface area contributed by atoms with E-state index < -0.39 is 5.92 Å². The molecule has 0 aliphatic carbocycles. The van der Waals surface area contributed by atoms with Crippen LogP contribution < -0.4 is 15.5 Å². The summed E-state index contributed by atoms with van der Waals surface area (Å²) in [6.07, 6.45) is 3.72. The van der Waals surface area contributed by atoms with Crippen LogP contribution in [0.1, 0.15) is 18.4 Å². The van der Waals surface area contributed by atoms with Crippen molar-refractivity contribution in [3.05, 3.63) is 60.4 Å². The molecule has 2 N–H and O–H groups in total. The topological polar surface area (TPSA) is 91.4 Å². The van der Waals surface area contributed by atoms with Crippen LogP contribution in [-0.2, 0) is 20.9 Å². The van der Waals surface area contributed by atoms with Gasteiger partial charge in [0.2, 0.25) is 17.7 Å². The average molecular weight is 366 g/mol. The molecule has 1 atom stereocenters. The monoisotopic (exact) mass is 366 g/mol. The first kappa shape index (κ1) is 18.6. The van der Waals surface area contributed by atoms with Gasteiger partial charge in [-0.05, 0) is 29.8 Å². The van der Waals surface area contributed by atoms with Gasteiger partial charge in [0.05, 0.1) is 5.92 Å². The molecule has 0 saturated carbocycles. The Hall–Kier alpha value is -3.22. The number of rotatable bonds is 7. The normalized spacial score (nSPS) is 16.2. The van der Waals surface area contributed by atoms with Crippen LogP contribution in [0.25, 0.3) is 0 Å². The quantitative estimate of drug-likeness (QED) is 0.772. The number of amides is 3. The summed E-state index contributed by atoms with van der Waals surface area (Å²) in [4.78, 5) is 41.9. The molecule has 3 amide bonds. The van der Waals surface area contributed by atoms with Crippen LogP contribution in [0.15, 0.2) is 54.9 Å². The second-order valence-electron chi connectivity index (χ2n) is 6.41. The number of carbonyl (C=O) groups is 3. The Morgan fingerprint density at radius 3 is 2.56 bits per heavy atom. The molecule has 0 unspecified atom stereocenters. The summed E-state index contributed by atoms with van der Waals surface area (Å²) in [7, 11) is 0. The summed E-state index contributed by atoms with van der Waals surface area (Å²) in [6.45, 7) is 1.04. The molecule has 2 aromatic rings. The molecular formula is C20H22N4O3. The Morgan fingerprint density at radius 2 is 1.81 bits per heavy atom. The van der Waals surface area contributed by atoms with Crippen LogP contribution in [0, 0.1) is 5.92 Å². The summed E-state index contributed by atoms with van der Waals surface area (Å²) in [5, 5.41) is 5.56. The maximum absolute atomic E-state index is 12.3. The van der Waals surface area contributed by atoms with Gasteiger partial charge in [0.25, 0.3) is 0 Å². The number of hydrogen-bond donors (Lipinski definition) is 2. The number of anilines is 1. The average Bonchev–Trinajstić information content (AvgIpc) is 3.09. The van der Waals surface area contributed by atoms with Gasteiger partial charge in [-0.3, -0.25) is 19.4 Å². The van der Waals surface area contributed by atoms with Gasteiger partial charge in [0.1, 0.15) is 0 Å². The zero-order valence-corrected chi connectivity index (χ0v) is 14.9. The first-order valence-electron chi connectivity index (χ1n) is 8.92. The molecule has 0 spiro atoms. The van der Waals surface area contributed by atoms with E-state index in [0.717, 1.165) is 11.3 Å². The van der Waals surface area contributed by atoms with Gasteiger partial charge in [0.15, 0.2) is 0 Å². The second kappa shape index (κ2) is 8.93. The fourth-order valence-electron chi connectivity index (χ4n) is 2.97. The molecule has 0 bridgehead atoms. The molecule has 140 valence electrons. The summed E-state index contributed by atoms with van der Waals surface area (Å²) < 4.78 is 0. The van der Waals surface area contributed by atoms with Gasteiger partial charge in [-0.1, -0.05) is 18.2 Å². The molecule has 3 rings (SSSR count). The van der Waals surface area contributed by atoms with E-state index in [9.17, 15) is 14.4 Å². The van der Waals surface area contributed by atoms with E-state index in [1.54, 1.807) is 17.3 Å². The summed E-state index contributed by atoms with van der Waals surface area (Å²) in [6, 6.07) is 13.0. The molecule has 0 radical (unpaired) electrons. The van der Waals surface area contributed by atoms with Crippen molar-refractivity contribution in [1.82, 2.24) is 15.6 Å². The minimum atomic E-state index is -0.391. The standard InChI is InChI=1S/C20H22N4O3/c25-18(23-13-15-6-9-21-10-7-15)8-11-22-20(27)16-12-19(26)24(14-16)17-4-2-1-3-5-17/h1-7,9-10,16H,8,11-14H2,(H,22,27)(H,23,25)/t16-/m0/s1. The van der Waals surface area contributed by atoms with Crippen molar-refractivity contribution in [1.29, 1.82) is 0 Å². The van der Waals surface area contributed by atoms with E-state index in [4.69, 9.17) is 0 Å². The predicted molar refractivity (Wildman–Crippen MR) is 101 cm³/mol. The summed E-state index contributed by atoms with van der Waals surface area (Å²) in [5.74, 6) is -0.779. The lowest BCUT2D eigenvalue weighted by Gasteiger charge is -2.16. The second-order valence-corrected chi connectivity index (χ2v) is 6.41. The molecule has 1 saturated heterocycles. The number of nitrogens with one attached hydrogen (secondary N) is 2. The van der Waals surface area contributed by atoms with Crippen LogP contribution in [0.2, 0.25) is 0 Å². The Bertz CT molecular complexity index is 795. The lowest BCUT2D eigenvalue weighted by atomic mass is 10.1. The number of pyridine rings is 1. The first-order chi connectivity index (χ1) is 13.1. The Balaban J connectivity index is 1.39. The smallest absolute Gasteiger partial charge is 0.227 e. The predicted octanol–water partition coefficient (Wildman–Crippen LogP) is 1.26. The molecular weight excluding hydrogens is 344 g/mol. The third-order valence-corrected chi connectivity index (χ3v) is 4.45. The van der Waals surface area contributed by atoms with E-state index in [2.05, 4.69) is 15.6 Å². The number of aromatic nitrogens is 1. The van der Waals surface area contributed by atoms with Crippen molar-refractivity contribution in [3.8, 4) is 0 Å². The van der Waals surface area contributed by atoms with Crippen LogP contribution in [0.5, 0.6) is 0 Å². The zero-order chi connectivity index (χ0) is 19.1. The molecule has 7 heteroatoms. The van der Waals surface area contributed by atoms with Gasteiger partial charge in [0, 0.05) is 50.6 Å². The fraction of sp³-hybridized carbons (Fsp3) is 0.300. The lowest BCUT2D eigenvalue weighted by Crippen LogP contribution is -2.35. The van der Waals surface area contributed by atoms with E-state index in [1.807, 2.05) is 42.5 Å². The third-order valence-electron chi connectivity index (χ3n) is 4.45. The zero-order valence-electron chi connectivity index (χ0n) is 14.9. The highest BCUT2D eigenvalue weighted by Gasteiger charge is 2.34. The molecule has 27 heavy (non-hydrogen) atoms. The number of hydrogen-bond acceptors (Lipinski definition) is 4.